The Morgan fingerprint density at radius 1 is 0.544 bits per heavy atom. The molecule has 0 aliphatic heterocycles. The van der Waals surface area contributed by atoms with Crippen molar-refractivity contribution in [1.29, 1.82) is 0 Å². The molecule has 0 aromatic rings. The Morgan fingerprint density at radius 2 is 0.982 bits per heavy atom. The van der Waals surface area contributed by atoms with E-state index < -0.39 is 18.1 Å². The molecular formula is C49H89NO7. The first-order valence-electron chi connectivity index (χ1n) is 23.5. The number of nitrogens with zero attached hydrogens (tertiary/aromatic N) is 1. The van der Waals surface area contributed by atoms with E-state index in [2.05, 4.69) is 44.2 Å². The molecule has 0 aromatic carbocycles. The number of likely N-dealkylation sites (N-methyl/N-ethyl adjacent to an activating group) is 1. The van der Waals surface area contributed by atoms with Crippen LogP contribution in [0.1, 0.15) is 206 Å². The Kier molecular flexibility index (Phi) is 38.6. The molecule has 0 heterocycles. The first kappa shape index (κ1) is 54.6. The van der Waals surface area contributed by atoms with Crippen molar-refractivity contribution in [3.63, 3.8) is 0 Å². The molecule has 0 saturated carbocycles. The van der Waals surface area contributed by atoms with E-state index in [1.165, 1.54) is 109 Å². The van der Waals surface area contributed by atoms with Crippen LogP contribution in [-0.2, 0) is 28.6 Å². The number of carboxylic acid groups (broad SMARTS) is 1. The second-order valence-electron chi connectivity index (χ2n) is 17.0. The number of carboxylic acids is 1. The van der Waals surface area contributed by atoms with E-state index in [-0.39, 0.29) is 42.7 Å². The fraction of sp³-hybridized carbons (Fsp3) is 0.816. The number of esters is 2. The molecule has 57 heavy (non-hydrogen) atoms. The van der Waals surface area contributed by atoms with Gasteiger partial charge < -0.3 is 28.6 Å². The van der Waals surface area contributed by atoms with Gasteiger partial charge in [-0.1, -0.05) is 192 Å². The van der Waals surface area contributed by atoms with Crippen LogP contribution in [0, 0.1) is 0 Å². The molecule has 8 nitrogen and oxygen atoms in total. The maximum atomic E-state index is 12.7. The summed E-state index contributed by atoms with van der Waals surface area (Å²) in [5.41, 5.74) is 0. The van der Waals surface area contributed by atoms with E-state index in [1.54, 1.807) is 21.1 Å². The van der Waals surface area contributed by atoms with Gasteiger partial charge in [0.25, 0.3) is 0 Å². The van der Waals surface area contributed by atoms with E-state index in [4.69, 9.17) is 14.2 Å². The molecule has 0 aliphatic carbocycles. The van der Waals surface area contributed by atoms with Crippen molar-refractivity contribution < 1.29 is 38.2 Å². The molecule has 332 valence electrons. The monoisotopic (exact) mass is 804 g/mol. The lowest BCUT2D eigenvalue weighted by atomic mass is 10.0. The number of carbonyl (C=O) groups excluding carboxylic acids is 3. The van der Waals surface area contributed by atoms with Crippen molar-refractivity contribution in [2.24, 2.45) is 0 Å². The van der Waals surface area contributed by atoms with Gasteiger partial charge in [-0.3, -0.25) is 9.59 Å². The molecule has 0 aromatic heterocycles. The van der Waals surface area contributed by atoms with Gasteiger partial charge in [0.2, 0.25) is 0 Å². The molecule has 0 radical (unpaired) electrons. The maximum absolute atomic E-state index is 12.7. The number of rotatable bonds is 42. The van der Waals surface area contributed by atoms with Crippen LogP contribution in [0.3, 0.4) is 0 Å². The van der Waals surface area contributed by atoms with Gasteiger partial charge in [-0.15, -0.1) is 0 Å². The summed E-state index contributed by atoms with van der Waals surface area (Å²) in [6, 6.07) is -0.728. The maximum Gasteiger partial charge on any atom is 0.306 e. The standard InChI is InChI=1S/C49H89NO7/c1-6-8-10-12-14-16-18-20-21-22-23-24-25-26-28-29-31-33-35-37-39-47(51)56-44-45(43-55-42-41-46(49(53)54)50(3,4)5)57-48(52)40-38-36-34-32-30-27-19-17-15-13-11-9-7-2/h9,11,13,15,17,19,45-46H,6-8,10,12,14,16,18,20-44H2,1-5H3/b11-9+,15-13+,19-17+. The smallest absolute Gasteiger partial charge is 0.306 e. The van der Waals surface area contributed by atoms with E-state index >= 15 is 0 Å². The molecule has 0 bridgehead atoms. The number of allylic oxidation sites excluding steroid dienone is 6. The second kappa shape index (κ2) is 40.3. The van der Waals surface area contributed by atoms with Crippen LogP contribution in [0.5, 0.6) is 0 Å². The van der Waals surface area contributed by atoms with Gasteiger partial charge in [-0.2, -0.15) is 0 Å². The van der Waals surface area contributed by atoms with Crippen LogP contribution in [0.2, 0.25) is 0 Å². The van der Waals surface area contributed by atoms with Gasteiger partial charge in [0.1, 0.15) is 12.6 Å². The number of aliphatic carboxylic acids is 1. The number of hydrogen-bond donors (Lipinski definition) is 0. The Labute approximate surface area is 351 Å². The Morgan fingerprint density at radius 3 is 1.44 bits per heavy atom. The summed E-state index contributed by atoms with van der Waals surface area (Å²) in [5.74, 6) is -1.75. The summed E-state index contributed by atoms with van der Waals surface area (Å²) in [7, 11) is 5.40. The second-order valence-corrected chi connectivity index (χ2v) is 17.0. The molecule has 0 spiro atoms. The number of hydrogen-bond acceptors (Lipinski definition) is 7. The zero-order valence-electron chi connectivity index (χ0n) is 37.8. The van der Waals surface area contributed by atoms with E-state index in [1.807, 2.05) is 6.08 Å². The van der Waals surface area contributed by atoms with E-state index in [0.717, 1.165) is 64.2 Å². The molecule has 0 rings (SSSR count). The largest absolute Gasteiger partial charge is 0.544 e. The lowest BCUT2D eigenvalue weighted by Crippen LogP contribution is -2.55. The summed E-state index contributed by atoms with van der Waals surface area (Å²) >= 11 is 0. The average Bonchev–Trinajstić information content (AvgIpc) is 3.17. The highest BCUT2D eigenvalue weighted by atomic mass is 16.6. The molecule has 0 saturated heterocycles. The van der Waals surface area contributed by atoms with Crippen LogP contribution in [-0.4, -0.2) is 75.5 Å². The van der Waals surface area contributed by atoms with Crippen LogP contribution >= 0.6 is 0 Å². The first-order chi connectivity index (χ1) is 27.6. The number of unbranched alkanes of at least 4 members (excludes halogenated alkanes) is 24. The highest BCUT2D eigenvalue weighted by Gasteiger charge is 2.25. The minimum Gasteiger partial charge on any atom is -0.544 e. The topological polar surface area (TPSA) is 102 Å². The quantitative estimate of drug-likeness (QED) is 0.0262. The third kappa shape index (κ3) is 38.8. The highest BCUT2D eigenvalue weighted by Crippen LogP contribution is 2.16. The molecule has 2 unspecified atom stereocenters. The van der Waals surface area contributed by atoms with Gasteiger partial charge in [-0.05, 0) is 32.1 Å². The Hall–Kier alpha value is -2.45. The molecule has 0 N–H and O–H groups in total. The van der Waals surface area contributed by atoms with Crippen molar-refractivity contribution in [2.45, 2.75) is 219 Å². The van der Waals surface area contributed by atoms with Gasteiger partial charge in [0.15, 0.2) is 6.10 Å². The molecule has 0 aliphatic rings. The summed E-state index contributed by atoms with van der Waals surface area (Å²) in [6.07, 6.45) is 46.0. The van der Waals surface area contributed by atoms with Crippen molar-refractivity contribution >= 4 is 17.9 Å². The molecular weight excluding hydrogens is 715 g/mol. The van der Waals surface area contributed by atoms with Crippen LogP contribution in [0.15, 0.2) is 36.5 Å². The molecule has 0 amide bonds. The lowest BCUT2D eigenvalue weighted by molar-refractivity contribution is -0.889. The van der Waals surface area contributed by atoms with E-state index in [0.29, 0.717) is 12.8 Å². The summed E-state index contributed by atoms with van der Waals surface area (Å²) in [6.45, 7) is 4.53. The third-order valence-electron chi connectivity index (χ3n) is 10.6. The normalized spacial score (nSPS) is 13.2. The lowest BCUT2D eigenvalue weighted by Gasteiger charge is -2.34. The van der Waals surface area contributed by atoms with Crippen molar-refractivity contribution in [1.82, 2.24) is 0 Å². The summed E-state index contributed by atoms with van der Waals surface area (Å²) in [4.78, 5) is 36.9. The van der Waals surface area contributed by atoms with Gasteiger partial charge >= 0.3 is 11.9 Å². The molecule has 2 atom stereocenters. The number of carbonyl (C=O) groups is 3. The van der Waals surface area contributed by atoms with Crippen molar-refractivity contribution in [3.8, 4) is 0 Å². The summed E-state index contributed by atoms with van der Waals surface area (Å²) < 4.78 is 17.2. The summed E-state index contributed by atoms with van der Waals surface area (Å²) in [5, 5.41) is 11.6. The molecule has 0 fully saturated rings. The minimum atomic E-state index is -1.13. The van der Waals surface area contributed by atoms with Gasteiger partial charge in [0.05, 0.1) is 40.3 Å². The zero-order valence-corrected chi connectivity index (χ0v) is 37.8. The first-order valence-corrected chi connectivity index (χ1v) is 23.5. The zero-order chi connectivity index (χ0) is 42.1. The number of ether oxygens (including phenoxy) is 3. The third-order valence-corrected chi connectivity index (χ3v) is 10.6. The van der Waals surface area contributed by atoms with E-state index in [9.17, 15) is 19.5 Å². The highest BCUT2D eigenvalue weighted by molar-refractivity contribution is 5.70. The van der Waals surface area contributed by atoms with Crippen molar-refractivity contribution in [2.75, 3.05) is 41.0 Å². The van der Waals surface area contributed by atoms with Crippen LogP contribution in [0.4, 0.5) is 0 Å². The fourth-order valence-corrected chi connectivity index (χ4v) is 6.95. The van der Waals surface area contributed by atoms with Crippen molar-refractivity contribution in [3.05, 3.63) is 36.5 Å². The molecule has 8 heteroatoms. The average molecular weight is 804 g/mol. The Bertz CT molecular complexity index is 1030. The fourth-order valence-electron chi connectivity index (χ4n) is 6.95. The number of quaternary nitrogens is 1. The van der Waals surface area contributed by atoms with Crippen LogP contribution < -0.4 is 5.11 Å². The van der Waals surface area contributed by atoms with Gasteiger partial charge in [-0.25, -0.2) is 0 Å². The van der Waals surface area contributed by atoms with Gasteiger partial charge in [0, 0.05) is 19.3 Å². The SMILES string of the molecule is CC/C=C/C=C/C=C/CCCCCCCC(=O)OC(COCCC(C(=O)[O-])[N+](C)(C)C)COC(=O)CCCCCCCCCCCCCCCCCCCCCC. The Balaban J connectivity index is 4.24. The minimum absolute atomic E-state index is 0.0346. The van der Waals surface area contributed by atoms with Crippen LogP contribution in [0.25, 0.3) is 0 Å². The predicted octanol–water partition coefficient (Wildman–Crippen LogP) is 11.7. The predicted molar refractivity (Wildman–Crippen MR) is 236 cm³/mol.